The normalized spacial score (nSPS) is 28.2. The van der Waals surface area contributed by atoms with E-state index in [2.05, 4.69) is 0 Å². The van der Waals surface area contributed by atoms with Crippen LogP contribution in [0.2, 0.25) is 0 Å². The number of carboxylic acid groups (broad SMARTS) is 2. The van der Waals surface area contributed by atoms with Gasteiger partial charge < -0.3 is 0 Å². The minimum absolute atomic E-state index is 0.144. The average Bonchev–Trinajstić information content (AvgIpc) is 2.93. The Morgan fingerprint density at radius 1 is 1.16 bits per heavy atom. The standard InChI is InChI=1S/C6H4NO2.C6H8O8.O.Sb/c8-7(9)6-4-2-1-3-5-6;7-1(3(9)5(11)12)2(8)4(10)6(13)14;;/h2-5H;1-4,7,9H,(H,11,12)(H,13,14);;/q;-2;;+2. The number of nitrogens with zero attached hydrogens (tertiary/aromatic N) is 1. The number of aliphatic hydroxyl groups is 2. The van der Waals surface area contributed by atoms with E-state index in [1.807, 2.05) is 0 Å². The molecule has 1 aromatic carbocycles. The molecule has 0 amide bonds. The minimum atomic E-state index is -5.42. The predicted molar refractivity (Wildman–Crippen MR) is 76.2 cm³/mol. The van der Waals surface area contributed by atoms with Crippen molar-refractivity contribution in [3.8, 4) is 0 Å². The molecule has 136 valence electrons. The molecule has 5 unspecified atom stereocenters. The molecule has 0 aromatic heterocycles. The van der Waals surface area contributed by atoms with Gasteiger partial charge in [0.25, 0.3) is 0 Å². The molecule has 2 rings (SSSR count). The number of non-ortho nitro benzene ring substituents is 1. The second kappa shape index (κ2) is 7.10. The van der Waals surface area contributed by atoms with Crippen LogP contribution in [0.15, 0.2) is 24.3 Å². The summed E-state index contributed by atoms with van der Waals surface area (Å²) in [6.07, 6.45) is -8.49. The zero-order chi connectivity index (χ0) is 18.9. The Bertz CT molecular complexity index is 748. The van der Waals surface area contributed by atoms with Crippen LogP contribution in [0.4, 0.5) is 5.69 Å². The topological polar surface area (TPSA) is 194 Å². The number of nitro groups is 1. The van der Waals surface area contributed by atoms with E-state index < -0.39 is 60.9 Å². The molecule has 0 saturated carbocycles. The third-order valence-corrected chi connectivity index (χ3v) is 8.93. The summed E-state index contributed by atoms with van der Waals surface area (Å²) in [5, 5.41) is 47.6. The fourth-order valence-electron chi connectivity index (χ4n) is 2.08. The molecule has 1 aliphatic heterocycles. The van der Waals surface area contributed by atoms with Crippen molar-refractivity contribution in [3.63, 3.8) is 0 Å². The van der Waals surface area contributed by atoms with Crippen LogP contribution < -0.4 is 3.51 Å². The number of carboxylic acids is 2. The molecule has 25 heavy (non-hydrogen) atoms. The summed E-state index contributed by atoms with van der Waals surface area (Å²) < 4.78 is 22.6. The summed E-state index contributed by atoms with van der Waals surface area (Å²) in [4.78, 5) is 31.9. The van der Waals surface area contributed by atoms with Crippen molar-refractivity contribution >= 4 is 40.8 Å². The number of nitro benzene ring substituents is 1. The SMILES string of the molecule is O=C(O)C(O)C(O)C1[O][Sb](=[O])([c]2ccc([N+](=O)[O-])cc2)[O]C1C(=O)O. The van der Waals surface area contributed by atoms with Gasteiger partial charge in [0.1, 0.15) is 0 Å². The average molecular weight is 468 g/mol. The summed E-state index contributed by atoms with van der Waals surface area (Å²) in [6, 6.07) is 4.11. The van der Waals surface area contributed by atoms with Crippen LogP contribution in [0.1, 0.15) is 0 Å². The molecule has 13 heteroatoms. The van der Waals surface area contributed by atoms with E-state index in [-0.39, 0.29) is 9.20 Å². The predicted octanol–water partition coefficient (Wildman–Crippen LogP) is -2.15. The van der Waals surface area contributed by atoms with Gasteiger partial charge in [-0.05, 0) is 0 Å². The van der Waals surface area contributed by atoms with E-state index in [0.717, 1.165) is 24.3 Å². The maximum absolute atomic E-state index is 12.8. The van der Waals surface area contributed by atoms with E-state index >= 15 is 0 Å². The molecule has 0 bridgehead atoms. The number of rotatable bonds is 6. The molecular formula is C12H12NO11Sb. The Morgan fingerprint density at radius 2 is 1.72 bits per heavy atom. The summed E-state index contributed by atoms with van der Waals surface area (Å²) in [7, 11) is 0. The van der Waals surface area contributed by atoms with Gasteiger partial charge in [0.2, 0.25) is 0 Å². The molecule has 1 aromatic rings. The van der Waals surface area contributed by atoms with Gasteiger partial charge in [-0.3, -0.25) is 0 Å². The molecule has 0 spiro atoms. The second-order valence-corrected chi connectivity index (χ2v) is 10.5. The quantitative estimate of drug-likeness (QED) is 0.202. The number of aliphatic carboxylic acids is 2. The molecule has 1 fully saturated rings. The van der Waals surface area contributed by atoms with Gasteiger partial charge in [-0.25, -0.2) is 0 Å². The van der Waals surface area contributed by atoms with Crippen molar-refractivity contribution in [2.24, 2.45) is 0 Å². The Hall–Kier alpha value is -1.98. The monoisotopic (exact) mass is 467 g/mol. The Labute approximate surface area is 143 Å². The van der Waals surface area contributed by atoms with Crippen LogP contribution >= 0.6 is 0 Å². The van der Waals surface area contributed by atoms with Crippen LogP contribution in [-0.4, -0.2) is 81.3 Å². The van der Waals surface area contributed by atoms with Crippen LogP contribution in [0, 0.1) is 10.1 Å². The molecule has 1 heterocycles. The zero-order valence-corrected chi connectivity index (χ0v) is 14.7. The molecule has 5 atom stereocenters. The number of aliphatic hydroxyl groups excluding tert-OH is 2. The number of carbonyl (C=O) groups is 2. The third kappa shape index (κ3) is 3.83. The van der Waals surface area contributed by atoms with Crippen LogP contribution in [0.3, 0.4) is 0 Å². The van der Waals surface area contributed by atoms with E-state index in [9.17, 15) is 32.9 Å². The van der Waals surface area contributed by atoms with E-state index in [0.29, 0.717) is 0 Å². The first-order valence-electron chi connectivity index (χ1n) is 6.60. The first-order chi connectivity index (χ1) is 11.6. The third-order valence-electron chi connectivity index (χ3n) is 3.34. The summed E-state index contributed by atoms with van der Waals surface area (Å²) in [6.45, 7) is 0. The summed E-state index contributed by atoms with van der Waals surface area (Å²) in [5.41, 5.74) is -0.317. The van der Waals surface area contributed by atoms with E-state index in [4.69, 9.17) is 16.2 Å². The summed E-state index contributed by atoms with van der Waals surface area (Å²) >= 11 is -5.42. The van der Waals surface area contributed by atoms with Gasteiger partial charge in [0.15, 0.2) is 0 Å². The Morgan fingerprint density at radius 3 is 2.16 bits per heavy atom. The molecular weight excluding hydrogens is 456 g/mol. The number of hydrogen-bond acceptors (Lipinski definition) is 9. The molecule has 1 aliphatic rings. The Balaban J connectivity index is 2.34. The van der Waals surface area contributed by atoms with E-state index in [1.54, 1.807) is 0 Å². The van der Waals surface area contributed by atoms with Crippen LogP contribution in [-0.2, 0) is 18.6 Å². The van der Waals surface area contributed by atoms with Gasteiger partial charge in [0, 0.05) is 0 Å². The van der Waals surface area contributed by atoms with Crippen molar-refractivity contribution < 1.29 is 44.0 Å². The summed E-state index contributed by atoms with van der Waals surface area (Å²) in [5.74, 6) is -3.52. The van der Waals surface area contributed by atoms with Gasteiger partial charge in [-0.1, -0.05) is 0 Å². The van der Waals surface area contributed by atoms with Gasteiger partial charge in [-0.15, -0.1) is 0 Å². The second-order valence-electron chi connectivity index (χ2n) is 4.98. The van der Waals surface area contributed by atoms with Crippen molar-refractivity contribution in [2.75, 3.05) is 0 Å². The van der Waals surface area contributed by atoms with Crippen LogP contribution in [0.25, 0.3) is 0 Å². The van der Waals surface area contributed by atoms with Gasteiger partial charge >= 0.3 is 144 Å². The maximum atomic E-state index is 12.8. The molecule has 12 nitrogen and oxygen atoms in total. The zero-order valence-electron chi connectivity index (χ0n) is 12.2. The fourth-order valence-corrected chi connectivity index (χ4v) is 7.42. The molecule has 0 aliphatic carbocycles. The molecule has 4 N–H and O–H groups in total. The van der Waals surface area contributed by atoms with Gasteiger partial charge in [0.05, 0.1) is 0 Å². The first-order valence-corrected chi connectivity index (χ1v) is 11.0. The van der Waals surface area contributed by atoms with Crippen molar-refractivity contribution in [3.05, 3.63) is 34.4 Å². The van der Waals surface area contributed by atoms with Crippen LogP contribution in [0.5, 0.6) is 0 Å². The van der Waals surface area contributed by atoms with E-state index in [1.165, 1.54) is 0 Å². The number of hydrogen-bond donors (Lipinski definition) is 4. The van der Waals surface area contributed by atoms with Crippen molar-refractivity contribution in [1.82, 2.24) is 0 Å². The van der Waals surface area contributed by atoms with Gasteiger partial charge in [-0.2, -0.15) is 0 Å². The van der Waals surface area contributed by atoms with Crippen molar-refractivity contribution in [2.45, 2.75) is 24.4 Å². The Kier molecular flexibility index (Phi) is 5.49. The first kappa shape index (κ1) is 19.3. The fraction of sp³-hybridized carbons (Fsp3) is 0.333. The molecule has 0 radical (unpaired) electrons. The number of benzene rings is 1. The molecule has 1 saturated heterocycles. The van der Waals surface area contributed by atoms with Crippen molar-refractivity contribution in [1.29, 1.82) is 0 Å².